The van der Waals surface area contributed by atoms with Crippen molar-refractivity contribution in [1.82, 2.24) is 0 Å². The van der Waals surface area contributed by atoms with Crippen LogP contribution in [0.1, 0.15) is 55.2 Å². The van der Waals surface area contributed by atoms with Gasteiger partial charge in [0.25, 0.3) is 0 Å². The molecule has 4 aliphatic rings. The minimum Gasteiger partial charge on any atom is -0.122 e. The molecular weight excluding hydrogens is 276 g/mol. The molecule has 1 aromatic carbocycles. The monoisotopic (exact) mass is 302 g/mol. The van der Waals surface area contributed by atoms with Gasteiger partial charge in [0.1, 0.15) is 0 Å². The number of rotatable bonds is 3. The highest BCUT2D eigenvalue weighted by atomic mass is 35.5. The molecule has 1 atom stereocenters. The molecular formula is C20H27Cl. The van der Waals surface area contributed by atoms with E-state index in [0.29, 0.717) is 10.8 Å². The minimum atomic E-state index is 0.341. The second kappa shape index (κ2) is 5.01. The second-order valence-electron chi connectivity index (χ2n) is 8.37. The molecule has 1 aromatic rings. The first-order valence-corrected chi connectivity index (χ1v) is 9.18. The smallest absolute Gasteiger partial charge is 0.0432 e. The Bertz CT molecular complexity index is 509. The summed E-state index contributed by atoms with van der Waals surface area (Å²) in [6.45, 7) is 4.41. The Kier molecular flexibility index (Phi) is 3.37. The van der Waals surface area contributed by atoms with Gasteiger partial charge in [-0.2, -0.15) is 0 Å². The van der Waals surface area contributed by atoms with E-state index in [4.69, 9.17) is 11.6 Å². The van der Waals surface area contributed by atoms with E-state index in [1.807, 2.05) is 0 Å². The van der Waals surface area contributed by atoms with Crippen molar-refractivity contribution >= 4 is 11.6 Å². The molecule has 5 rings (SSSR count). The van der Waals surface area contributed by atoms with Crippen molar-refractivity contribution in [2.45, 2.75) is 64.2 Å². The highest BCUT2D eigenvalue weighted by molar-refractivity contribution is 6.21. The van der Waals surface area contributed by atoms with Crippen molar-refractivity contribution in [3.05, 3.63) is 34.9 Å². The zero-order chi connectivity index (χ0) is 14.6. The fourth-order valence-corrected chi connectivity index (χ4v) is 6.36. The van der Waals surface area contributed by atoms with Gasteiger partial charge in [0.2, 0.25) is 0 Å². The van der Waals surface area contributed by atoms with Gasteiger partial charge in [-0.1, -0.05) is 18.2 Å². The third-order valence-corrected chi connectivity index (χ3v) is 7.35. The van der Waals surface area contributed by atoms with Crippen LogP contribution in [0.25, 0.3) is 0 Å². The maximum absolute atomic E-state index is 7.03. The predicted molar refractivity (Wildman–Crippen MR) is 89.9 cm³/mol. The molecule has 0 spiro atoms. The van der Waals surface area contributed by atoms with Crippen LogP contribution < -0.4 is 0 Å². The zero-order valence-corrected chi connectivity index (χ0v) is 14.1. The van der Waals surface area contributed by atoms with Crippen LogP contribution in [0, 0.1) is 37.0 Å². The van der Waals surface area contributed by atoms with Gasteiger partial charge in [-0.05, 0) is 98.7 Å². The molecule has 0 heterocycles. The van der Waals surface area contributed by atoms with Crippen LogP contribution >= 0.6 is 11.6 Å². The number of hydrogen-bond donors (Lipinski definition) is 0. The molecule has 4 aliphatic carbocycles. The van der Waals surface area contributed by atoms with Gasteiger partial charge >= 0.3 is 0 Å². The molecule has 0 N–H and O–H groups in total. The largest absolute Gasteiger partial charge is 0.122 e. The summed E-state index contributed by atoms with van der Waals surface area (Å²) in [7, 11) is 0. The van der Waals surface area contributed by atoms with E-state index in [-0.39, 0.29) is 0 Å². The molecule has 21 heavy (non-hydrogen) atoms. The first-order valence-electron chi connectivity index (χ1n) is 8.74. The van der Waals surface area contributed by atoms with Crippen molar-refractivity contribution in [2.75, 3.05) is 0 Å². The van der Waals surface area contributed by atoms with Crippen LogP contribution in [-0.2, 0) is 6.42 Å². The summed E-state index contributed by atoms with van der Waals surface area (Å²) < 4.78 is 0. The number of halogens is 1. The molecule has 4 saturated carbocycles. The number of hydrogen-bond acceptors (Lipinski definition) is 0. The van der Waals surface area contributed by atoms with Crippen molar-refractivity contribution in [2.24, 2.45) is 23.2 Å². The molecule has 4 fully saturated rings. The Morgan fingerprint density at radius 3 is 2.10 bits per heavy atom. The highest BCUT2D eigenvalue weighted by Gasteiger charge is 2.53. The Morgan fingerprint density at radius 1 is 1.00 bits per heavy atom. The second-order valence-corrected chi connectivity index (χ2v) is 8.90. The van der Waals surface area contributed by atoms with Crippen LogP contribution in [0.15, 0.2) is 18.2 Å². The summed E-state index contributed by atoms with van der Waals surface area (Å²) in [5.41, 5.74) is 4.70. The SMILES string of the molecule is Cc1ccc(CC(Cl)C23CC4CC(CC(C4)C2)C3)cc1C. The fourth-order valence-electron chi connectivity index (χ4n) is 5.92. The molecule has 4 bridgehead atoms. The van der Waals surface area contributed by atoms with Crippen LogP contribution in [0.3, 0.4) is 0 Å². The third-order valence-electron chi connectivity index (χ3n) is 6.74. The summed E-state index contributed by atoms with van der Waals surface area (Å²) in [6.07, 6.45) is 9.83. The van der Waals surface area contributed by atoms with Crippen LogP contribution in [-0.4, -0.2) is 5.38 Å². The predicted octanol–water partition coefficient (Wildman–Crippen LogP) is 5.67. The van der Waals surface area contributed by atoms with Crippen molar-refractivity contribution in [1.29, 1.82) is 0 Å². The maximum atomic E-state index is 7.03. The van der Waals surface area contributed by atoms with Gasteiger partial charge in [0.15, 0.2) is 0 Å². The van der Waals surface area contributed by atoms with Gasteiger partial charge in [0.05, 0.1) is 0 Å². The topological polar surface area (TPSA) is 0 Å². The molecule has 114 valence electrons. The summed E-state index contributed by atoms with van der Waals surface area (Å²) in [5.74, 6) is 2.99. The Balaban J connectivity index is 1.54. The Labute approximate surface area is 134 Å². The van der Waals surface area contributed by atoms with Crippen LogP contribution in [0.2, 0.25) is 0 Å². The average molecular weight is 303 g/mol. The van der Waals surface area contributed by atoms with Gasteiger partial charge in [-0.3, -0.25) is 0 Å². The van der Waals surface area contributed by atoms with E-state index in [1.54, 1.807) is 0 Å². The lowest BCUT2D eigenvalue weighted by atomic mass is 9.48. The van der Waals surface area contributed by atoms with Gasteiger partial charge in [0, 0.05) is 5.38 Å². The van der Waals surface area contributed by atoms with E-state index in [9.17, 15) is 0 Å². The quantitative estimate of drug-likeness (QED) is 0.631. The fraction of sp³-hybridized carbons (Fsp3) is 0.700. The van der Waals surface area contributed by atoms with Gasteiger partial charge < -0.3 is 0 Å². The Morgan fingerprint density at radius 2 is 1.57 bits per heavy atom. The summed E-state index contributed by atoms with van der Waals surface area (Å²) in [5, 5.41) is 0.341. The molecule has 0 saturated heterocycles. The Hall–Kier alpha value is -0.490. The van der Waals surface area contributed by atoms with E-state index in [2.05, 4.69) is 32.0 Å². The molecule has 1 unspecified atom stereocenters. The molecule has 0 aliphatic heterocycles. The van der Waals surface area contributed by atoms with E-state index in [1.165, 1.54) is 55.2 Å². The summed E-state index contributed by atoms with van der Waals surface area (Å²) >= 11 is 7.03. The molecule has 0 aromatic heterocycles. The third kappa shape index (κ3) is 2.44. The van der Waals surface area contributed by atoms with Crippen LogP contribution in [0.5, 0.6) is 0 Å². The minimum absolute atomic E-state index is 0.341. The van der Waals surface area contributed by atoms with Crippen LogP contribution in [0.4, 0.5) is 0 Å². The lowest BCUT2D eigenvalue weighted by Gasteiger charge is -2.58. The molecule has 0 nitrogen and oxygen atoms in total. The molecule has 0 radical (unpaired) electrons. The summed E-state index contributed by atoms with van der Waals surface area (Å²) in [6, 6.07) is 6.90. The normalized spacial score (nSPS) is 38.7. The number of alkyl halides is 1. The lowest BCUT2D eigenvalue weighted by Crippen LogP contribution is -2.50. The van der Waals surface area contributed by atoms with E-state index in [0.717, 1.165) is 24.2 Å². The number of benzene rings is 1. The first-order chi connectivity index (χ1) is 10.0. The molecule has 0 amide bonds. The molecule has 1 heteroatoms. The van der Waals surface area contributed by atoms with Crippen molar-refractivity contribution < 1.29 is 0 Å². The van der Waals surface area contributed by atoms with E-state index < -0.39 is 0 Å². The number of aryl methyl sites for hydroxylation is 2. The first kappa shape index (κ1) is 14.1. The zero-order valence-electron chi connectivity index (χ0n) is 13.4. The van der Waals surface area contributed by atoms with E-state index >= 15 is 0 Å². The highest BCUT2D eigenvalue weighted by Crippen LogP contribution is 2.62. The maximum Gasteiger partial charge on any atom is 0.0432 e. The van der Waals surface area contributed by atoms with Crippen molar-refractivity contribution in [3.63, 3.8) is 0 Å². The van der Waals surface area contributed by atoms with Crippen molar-refractivity contribution in [3.8, 4) is 0 Å². The average Bonchev–Trinajstić information content (AvgIpc) is 2.41. The lowest BCUT2D eigenvalue weighted by molar-refractivity contribution is -0.0545. The van der Waals surface area contributed by atoms with Gasteiger partial charge in [-0.15, -0.1) is 11.6 Å². The van der Waals surface area contributed by atoms with Gasteiger partial charge in [-0.25, -0.2) is 0 Å². The standard InChI is InChI=1S/C20H27Cl/c1-13-3-4-15(5-14(13)2)9-19(21)20-10-16-6-17(11-20)8-18(7-16)12-20/h3-5,16-19H,6-12H2,1-2H3. The summed E-state index contributed by atoms with van der Waals surface area (Å²) in [4.78, 5) is 0.